The van der Waals surface area contributed by atoms with Gasteiger partial charge in [0.15, 0.2) is 5.65 Å². The van der Waals surface area contributed by atoms with Crippen LogP contribution in [0.25, 0.3) is 5.65 Å². The summed E-state index contributed by atoms with van der Waals surface area (Å²) in [6, 6.07) is 7.77. The van der Waals surface area contributed by atoms with E-state index in [1.807, 2.05) is 24.4 Å². The van der Waals surface area contributed by atoms with Crippen LogP contribution in [0.4, 0.5) is 5.82 Å². The number of aromatic nitrogens is 4. The molecule has 0 radical (unpaired) electrons. The lowest BCUT2D eigenvalue weighted by molar-refractivity contribution is 0.932. The number of aryl methyl sites for hydroxylation is 1. The van der Waals surface area contributed by atoms with Crippen LogP contribution < -0.4 is 5.32 Å². The molecule has 1 N–H and O–H groups in total. The molecule has 0 aliphatic rings. The Morgan fingerprint density at radius 2 is 2.17 bits per heavy atom. The summed E-state index contributed by atoms with van der Waals surface area (Å²) in [5.74, 6) is 0.827. The summed E-state index contributed by atoms with van der Waals surface area (Å²) in [7, 11) is 0. The lowest BCUT2D eigenvalue weighted by Crippen LogP contribution is -2.05. The van der Waals surface area contributed by atoms with Crippen molar-refractivity contribution in [1.29, 1.82) is 0 Å². The first kappa shape index (κ1) is 10.7. The van der Waals surface area contributed by atoms with E-state index in [2.05, 4.69) is 33.4 Å². The summed E-state index contributed by atoms with van der Waals surface area (Å²) < 4.78 is 1.73. The van der Waals surface area contributed by atoms with Gasteiger partial charge in [0.25, 0.3) is 0 Å². The topological polar surface area (TPSA) is 55.1 Å². The van der Waals surface area contributed by atoms with Crippen LogP contribution in [-0.2, 0) is 6.54 Å². The summed E-state index contributed by atoms with van der Waals surface area (Å²) in [6.07, 6.45) is 5.42. The van der Waals surface area contributed by atoms with Gasteiger partial charge in [-0.05, 0) is 24.6 Å². The molecule has 3 rings (SSSR count). The third kappa shape index (κ3) is 2.02. The van der Waals surface area contributed by atoms with E-state index in [1.54, 1.807) is 16.9 Å². The molecule has 0 aromatic carbocycles. The van der Waals surface area contributed by atoms with Gasteiger partial charge in [0.05, 0.1) is 18.4 Å². The summed E-state index contributed by atoms with van der Waals surface area (Å²) in [5, 5.41) is 7.38. The van der Waals surface area contributed by atoms with Crippen molar-refractivity contribution in [3.05, 3.63) is 54.1 Å². The van der Waals surface area contributed by atoms with Gasteiger partial charge in [0.2, 0.25) is 0 Å². The largest absolute Gasteiger partial charge is 0.364 e. The van der Waals surface area contributed by atoms with Gasteiger partial charge in [-0.1, -0.05) is 6.07 Å². The number of hydrogen-bond acceptors (Lipinski definition) is 4. The minimum Gasteiger partial charge on any atom is -0.364 e. The Morgan fingerprint density at radius 1 is 1.22 bits per heavy atom. The van der Waals surface area contributed by atoms with Crippen LogP contribution in [0.3, 0.4) is 0 Å². The zero-order chi connectivity index (χ0) is 12.4. The van der Waals surface area contributed by atoms with Gasteiger partial charge in [0.1, 0.15) is 5.82 Å². The second-order valence-corrected chi connectivity index (χ2v) is 4.07. The molecule has 5 nitrogen and oxygen atoms in total. The highest BCUT2D eigenvalue weighted by Gasteiger charge is 2.01. The second-order valence-electron chi connectivity index (χ2n) is 4.07. The van der Waals surface area contributed by atoms with E-state index in [4.69, 9.17) is 0 Å². The standard InChI is InChI=1S/C13H13N5/c1-10-3-2-6-14-11(10)9-15-12-5-8-18-13(17-12)4-7-16-18/h2-8H,9H2,1H3,(H,15,17). The Hall–Kier alpha value is -2.43. The molecule has 5 heteroatoms. The van der Waals surface area contributed by atoms with Crippen LogP contribution in [0.5, 0.6) is 0 Å². The van der Waals surface area contributed by atoms with E-state index in [0.717, 1.165) is 17.2 Å². The SMILES string of the molecule is Cc1cccnc1CNc1ccn2nccc2n1. The van der Waals surface area contributed by atoms with Gasteiger partial charge >= 0.3 is 0 Å². The first-order chi connectivity index (χ1) is 8.83. The Labute approximate surface area is 105 Å². The first-order valence-electron chi connectivity index (χ1n) is 5.78. The smallest absolute Gasteiger partial charge is 0.157 e. The molecule has 18 heavy (non-hydrogen) atoms. The number of fused-ring (bicyclic) bond motifs is 1. The van der Waals surface area contributed by atoms with E-state index >= 15 is 0 Å². The molecule has 0 unspecified atom stereocenters. The highest BCUT2D eigenvalue weighted by atomic mass is 15.2. The maximum atomic E-state index is 4.44. The number of hydrogen-bond donors (Lipinski definition) is 1. The minimum absolute atomic E-state index is 0.671. The van der Waals surface area contributed by atoms with Gasteiger partial charge < -0.3 is 5.32 Å². The van der Waals surface area contributed by atoms with Crippen molar-refractivity contribution < 1.29 is 0 Å². The summed E-state index contributed by atoms with van der Waals surface area (Å²) in [6.45, 7) is 2.72. The molecule has 0 saturated heterocycles. The Kier molecular flexibility index (Phi) is 2.64. The molecule has 0 spiro atoms. The number of rotatable bonds is 3. The average molecular weight is 239 g/mol. The second kappa shape index (κ2) is 4.44. The van der Waals surface area contributed by atoms with E-state index in [-0.39, 0.29) is 0 Å². The monoisotopic (exact) mass is 239 g/mol. The molecule has 3 heterocycles. The van der Waals surface area contributed by atoms with E-state index in [0.29, 0.717) is 6.54 Å². The number of pyridine rings is 1. The fourth-order valence-electron chi connectivity index (χ4n) is 1.79. The molecule has 3 aromatic heterocycles. The normalized spacial score (nSPS) is 10.7. The molecular weight excluding hydrogens is 226 g/mol. The van der Waals surface area contributed by atoms with Crippen molar-refractivity contribution in [2.45, 2.75) is 13.5 Å². The Bertz CT molecular complexity index is 674. The lowest BCUT2D eigenvalue weighted by atomic mass is 10.2. The first-order valence-corrected chi connectivity index (χ1v) is 5.78. The predicted octanol–water partition coefficient (Wildman–Crippen LogP) is 2.04. The fraction of sp³-hybridized carbons (Fsp3) is 0.154. The van der Waals surface area contributed by atoms with Crippen molar-refractivity contribution >= 4 is 11.5 Å². The van der Waals surface area contributed by atoms with E-state index in [9.17, 15) is 0 Å². The molecule has 0 bridgehead atoms. The van der Waals surface area contributed by atoms with Crippen molar-refractivity contribution in [2.75, 3.05) is 5.32 Å². The molecule has 0 aliphatic heterocycles. The molecular formula is C13H13N5. The molecule has 0 amide bonds. The van der Waals surface area contributed by atoms with Crippen LogP contribution in [0.15, 0.2) is 42.9 Å². The van der Waals surface area contributed by atoms with Crippen LogP contribution in [0.2, 0.25) is 0 Å². The number of anilines is 1. The van der Waals surface area contributed by atoms with Crippen molar-refractivity contribution in [3.63, 3.8) is 0 Å². The molecule has 3 aromatic rings. The molecule has 0 atom stereocenters. The fourth-order valence-corrected chi connectivity index (χ4v) is 1.79. The lowest BCUT2D eigenvalue weighted by Gasteiger charge is -2.07. The molecule has 0 saturated carbocycles. The van der Waals surface area contributed by atoms with Gasteiger partial charge in [-0.2, -0.15) is 5.10 Å². The average Bonchev–Trinajstić information content (AvgIpc) is 2.85. The molecule has 0 fully saturated rings. The minimum atomic E-state index is 0.671. The maximum Gasteiger partial charge on any atom is 0.157 e. The summed E-state index contributed by atoms with van der Waals surface area (Å²) in [4.78, 5) is 8.78. The van der Waals surface area contributed by atoms with Crippen molar-refractivity contribution in [1.82, 2.24) is 19.6 Å². The Balaban J connectivity index is 1.78. The summed E-state index contributed by atoms with van der Waals surface area (Å²) in [5.41, 5.74) is 3.04. The number of nitrogens with one attached hydrogen (secondary N) is 1. The Morgan fingerprint density at radius 3 is 3.06 bits per heavy atom. The highest BCUT2D eigenvalue weighted by Crippen LogP contribution is 2.09. The molecule has 0 aliphatic carbocycles. The van der Waals surface area contributed by atoms with Crippen LogP contribution in [0.1, 0.15) is 11.3 Å². The van der Waals surface area contributed by atoms with Crippen LogP contribution >= 0.6 is 0 Å². The van der Waals surface area contributed by atoms with Crippen LogP contribution in [0, 0.1) is 6.92 Å². The van der Waals surface area contributed by atoms with Gasteiger partial charge in [-0.15, -0.1) is 0 Å². The zero-order valence-corrected chi connectivity index (χ0v) is 10.0. The molecule has 90 valence electrons. The van der Waals surface area contributed by atoms with E-state index in [1.165, 1.54) is 5.56 Å². The van der Waals surface area contributed by atoms with Gasteiger partial charge in [-0.25, -0.2) is 9.50 Å². The van der Waals surface area contributed by atoms with E-state index < -0.39 is 0 Å². The van der Waals surface area contributed by atoms with Crippen molar-refractivity contribution in [3.8, 4) is 0 Å². The highest BCUT2D eigenvalue weighted by molar-refractivity contribution is 5.45. The van der Waals surface area contributed by atoms with Gasteiger partial charge in [0, 0.05) is 18.5 Å². The van der Waals surface area contributed by atoms with Crippen LogP contribution in [-0.4, -0.2) is 19.6 Å². The third-order valence-corrected chi connectivity index (χ3v) is 2.81. The summed E-state index contributed by atoms with van der Waals surface area (Å²) >= 11 is 0. The third-order valence-electron chi connectivity index (χ3n) is 2.81. The maximum absolute atomic E-state index is 4.44. The quantitative estimate of drug-likeness (QED) is 0.760. The number of nitrogens with zero attached hydrogens (tertiary/aromatic N) is 4. The van der Waals surface area contributed by atoms with Gasteiger partial charge in [-0.3, -0.25) is 4.98 Å². The predicted molar refractivity (Wildman–Crippen MR) is 69.3 cm³/mol. The zero-order valence-electron chi connectivity index (χ0n) is 10.0. The van der Waals surface area contributed by atoms with Crippen molar-refractivity contribution in [2.24, 2.45) is 0 Å².